The van der Waals surface area contributed by atoms with Gasteiger partial charge in [-0.2, -0.15) is 0 Å². The van der Waals surface area contributed by atoms with Crippen LogP contribution in [-0.2, 0) is 10.0 Å². The van der Waals surface area contributed by atoms with Crippen molar-refractivity contribution in [1.82, 2.24) is 4.72 Å². The number of alkyl halides is 1. The van der Waals surface area contributed by atoms with Gasteiger partial charge in [-0.3, -0.25) is 0 Å². The van der Waals surface area contributed by atoms with Crippen molar-refractivity contribution >= 4 is 26.0 Å². The van der Waals surface area contributed by atoms with Crippen LogP contribution >= 0.6 is 15.9 Å². The lowest BCUT2D eigenvalue weighted by molar-refractivity contribution is 0.453. The molecule has 0 radical (unpaired) electrons. The van der Waals surface area contributed by atoms with Gasteiger partial charge < -0.3 is 0 Å². The van der Waals surface area contributed by atoms with E-state index < -0.39 is 21.4 Å². The first kappa shape index (κ1) is 15.6. The van der Waals surface area contributed by atoms with E-state index in [0.717, 1.165) is 6.07 Å². The Morgan fingerprint density at radius 1 is 1.39 bits per heavy atom. The van der Waals surface area contributed by atoms with Gasteiger partial charge in [0, 0.05) is 10.4 Å². The Balaban J connectivity index is 3.15. The summed E-state index contributed by atoms with van der Waals surface area (Å²) in [5.74, 6) is -0.445. The molecule has 0 saturated heterocycles. The molecular weight excluding hydrogens is 321 g/mol. The first-order chi connectivity index (χ1) is 8.06. The van der Waals surface area contributed by atoms with Gasteiger partial charge in [0.2, 0.25) is 10.0 Å². The monoisotopic (exact) mass is 337 g/mol. The minimum Gasteiger partial charge on any atom is -0.207 e. The lowest BCUT2D eigenvalue weighted by Gasteiger charge is -2.29. The van der Waals surface area contributed by atoms with Gasteiger partial charge in [0.15, 0.2) is 0 Å². The Labute approximate surface area is 116 Å². The molecule has 0 amide bonds. The lowest BCUT2D eigenvalue weighted by atomic mass is 10.0. The van der Waals surface area contributed by atoms with Crippen molar-refractivity contribution in [3.8, 4) is 0 Å². The number of nitrogens with one attached hydrogen (secondary N) is 1. The highest BCUT2D eigenvalue weighted by molar-refractivity contribution is 9.09. The average Bonchev–Trinajstić information content (AvgIpc) is 2.14. The number of sulfonamides is 1. The molecule has 3 nitrogen and oxygen atoms in total. The predicted octanol–water partition coefficient (Wildman–Crippen LogP) is 2.97. The van der Waals surface area contributed by atoms with Crippen LogP contribution in [0.4, 0.5) is 4.39 Å². The topological polar surface area (TPSA) is 46.2 Å². The maximum atomic E-state index is 13.0. The molecule has 0 aliphatic heterocycles. The molecule has 0 fully saturated rings. The van der Waals surface area contributed by atoms with Gasteiger partial charge in [0.25, 0.3) is 0 Å². The second-order valence-electron chi connectivity index (χ2n) is 4.85. The van der Waals surface area contributed by atoms with Gasteiger partial charge in [0.1, 0.15) is 5.82 Å². The molecule has 102 valence electrons. The highest BCUT2D eigenvalue weighted by Gasteiger charge is 2.30. The molecule has 1 rings (SSSR count). The Morgan fingerprint density at radius 2 is 1.94 bits per heavy atom. The quantitative estimate of drug-likeness (QED) is 0.858. The molecule has 1 atom stereocenters. The molecule has 0 heterocycles. The maximum Gasteiger partial charge on any atom is 0.241 e. The van der Waals surface area contributed by atoms with Gasteiger partial charge in [-0.25, -0.2) is 17.5 Å². The summed E-state index contributed by atoms with van der Waals surface area (Å²) in [5, 5.41) is 0. The van der Waals surface area contributed by atoms with Crippen molar-refractivity contribution < 1.29 is 12.8 Å². The van der Waals surface area contributed by atoms with E-state index >= 15 is 0 Å². The number of aryl methyl sites for hydroxylation is 1. The SMILES string of the molecule is Cc1cc(F)ccc1S(=O)(=O)NC(C)(C)C(C)Br. The van der Waals surface area contributed by atoms with E-state index in [0.29, 0.717) is 5.56 Å². The predicted molar refractivity (Wildman–Crippen MR) is 73.9 cm³/mol. The van der Waals surface area contributed by atoms with E-state index in [1.54, 1.807) is 20.8 Å². The van der Waals surface area contributed by atoms with Crippen molar-refractivity contribution in [2.45, 2.75) is 43.0 Å². The summed E-state index contributed by atoms with van der Waals surface area (Å²) in [7, 11) is -3.66. The summed E-state index contributed by atoms with van der Waals surface area (Å²) in [5.41, 5.74) is -0.250. The fourth-order valence-corrected chi connectivity index (χ4v) is 3.37. The summed E-state index contributed by atoms with van der Waals surface area (Å²) < 4.78 is 40.1. The fourth-order valence-electron chi connectivity index (χ4n) is 1.40. The summed E-state index contributed by atoms with van der Waals surface area (Å²) in [4.78, 5) is 0.0608. The molecule has 6 heteroatoms. The summed E-state index contributed by atoms with van der Waals surface area (Å²) in [6.45, 7) is 6.99. The molecule has 0 aromatic heterocycles. The zero-order valence-corrected chi connectivity index (χ0v) is 13.2. The minimum atomic E-state index is -3.66. The third kappa shape index (κ3) is 3.52. The van der Waals surface area contributed by atoms with Gasteiger partial charge in [-0.1, -0.05) is 22.9 Å². The van der Waals surface area contributed by atoms with Crippen molar-refractivity contribution in [3.05, 3.63) is 29.6 Å². The molecular formula is C12H17BrFNO2S. The molecule has 1 unspecified atom stereocenters. The Kier molecular flexibility index (Phi) is 4.56. The summed E-state index contributed by atoms with van der Waals surface area (Å²) in [6.07, 6.45) is 0. The van der Waals surface area contributed by atoms with Crippen molar-refractivity contribution in [1.29, 1.82) is 0 Å². The molecule has 0 aliphatic carbocycles. The minimum absolute atomic E-state index is 0.0412. The zero-order valence-electron chi connectivity index (χ0n) is 10.8. The number of hydrogen-bond acceptors (Lipinski definition) is 2. The highest BCUT2D eigenvalue weighted by atomic mass is 79.9. The van der Waals surface area contributed by atoms with Gasteiger partial charge in [0.05, 0.1) is 4.90 Å². The number of halogens is 2. The molecule has 1 N–H and O–H groups in total. The van der Waals surface area contributed by atoms with Crippen LogP contribution in [-0.4, -0.2) is 18.8 Å². The molecule has 18 heavy (non-hydrogen) atoms. The molecule has 0 bridgehead atoms. The molecule has 1 aromatic carbocycles. The zero-order chi connectivity index (χ0) is 14.1. The van der Waals surface area contributed by atoms with E-state index in [2.05, 4.69) is 20.7 Å². The molecule has 0 saturated carbocycles. The van der Waals surface area contributed by atoms with E-state index in [4.69, 9.17) is 0 Å². The second-order valence-corrected chi connectivity index (χ2v) is 7.88. The molecule has 1 aromatic rings. The fraction of sp³-hybridized carbons (Fsp3) is 0.500. The van der Waals surface area contributed by atoms with Crippen LogP contribution in [0.5, 0.6) is 0 Å². The lowest BCUT2D eigenvalue weighted by Crippen LogP contribution is -2.48. The first-order valence-corrected chi connectivity index (χ1v) is 7.90. The number of benzene rings is 1. The first-order valence-electron chi connectivity index (χ1n) is 5.50. The normalized spacial score (nSPS) is 14.6. The van der Waals surface area contributed by atoms with Crippen LogP contribution in [0.1, 0.15) is 26.3 Å². The van der Waals surface area contributed by atoms with Crippen molar-refractivity contribution in [2.75, 3.05) is 0 Å². The van der Waals surface area contributed by atoms with Crippen LogP contribution in [0.2, 0.25) is 0 Å². The van der Waals surface area contributed by atoms with Gasteiger partial charge in [-0.15, -0.1) is 0 Å². The van der Waals surface area contributed by atoms with Crippen LogP contribution in [0.3, 0.4) is 0 Å². The average molecular weight is 338 g/mol. The van der Waals surface area contributed by atoms with E-state index in [1.165, 1.54) is 12.1 Å². The third-order valence-corrected chi connectivity index (χ3v) is 5.79. The smallest absolute Gasteiger partial charge is 0.207 e. The Morgan fingerprint density at radius 3 is 2.39 bits per heavy atom. The van der Waals surface area contributed by atoms with E-state index in [9.17, 15) is 12.8 Å². The number of hydrogen-bond donors (Lipinski definition) is 1. The Bertz CT molecular complexity index is 541. The van der Waals surface area contributed by atoms with E-state index in [-0.39, 0.29) is 9.72 Å². The molecule has 0 aliphatic rings. The van der Waals surface area contributed by atoms with Gasteiger partial charge in [-0.05, 0) is 44.5 Å². The highest BCUT2D eigenvalue weighted by Crippen LogP contribution is 2.22. The van der Waals surface area contributed by atoms with Crippen LogP contribution in [0.25, 0.3) is 0 Å². The van der Waals surface area contributed by atoms with Crippen molar-refractivity contribution in [3.63, 3.8) is 0 Å². The number of rotatable bonds is 4. The maximum absolute atomic E-state index is 13.0. The standard InChI is InChI=1S/C12H17BrFNO2S/c1-8-7-10(14)5-6-11(8)18(16,17)15-12(3,4)9(2)13/h5-7,9,15H,1-4H3. The van der Waals surface area contributed by atoms with Crippen LogP contribution in [0, 0.1) is 12.7 Å². The van der Waals surface area contributed by atoms with E-state index in [1.807, 2.05) is 6.92 Å². The summed E-state index contributed by atoms with van der Waals surface area (Å²) in [6, 6.07) is 3.63. The van der Waals surface area contributed by atoms with Gasteiger partial charge >= 0.3 is 0 Å². The van der Waals surface area contributed by atoms with Crippen LogP contribution in [0.15, 0.2) is 23.1 Å². The third-order valence-electron chi connectivity index (χ3n) is 2.82. The van der Waals surface area contributed by atoms with Crippen LogP contribution < -0.4 is 4.72 Å². The molecule has 0 spiro atoms. The Hall–Kier alpha value is -0.460. The van der Waals surface area contributed by atoms with Crippen molar-refractivity contribution in [2.24, 2.45) is 0 Å². The summed E-state index contributed by atoms with van der Waals surface area (Å²) >= 11 is 3.36. The second kappa shape index (κ2) is 5.27. The largest absolute Gasteiger partial charge is 0.241 e.